The molecule has 3 rings (SSSR count). The summed E-state index contributed by atoms with van der Waals surface area (Å²) in [4.78, 5) is 10.8. The first kappa shape index (κ1) is 9.10. The zero-order valence-electron chi connectivity index (χ0n) is 8.68. The van der Waals surface area contributed by atoms with E-state index in [1.165, 1.54) is 16.2 Å². The van der Waals surface area contributed by atoms with Crippen molar-refractivity contribution in [1.82, 2.24) is 0 Å². The van der Waals surface area contributed by atoms with E-state index in [2.05, 4.69) is 24.3 Å². The Morgan fingerprint density at radius 3 is 2.25 bits per heavy atom. The van der Waals surface area contributed by atoms with Crippen LogP contribution in [-0.4, -0.2) is 6.29 Å². The summed E-state index contributed by atoms with van der Waals surface area (Å²) >= 11 is 0. The van der Waals surface area contributed by atoms with E-state index >= 15 is 0 Å². The number of benzene rings is 3. The van der Waals surface area contributed by atoms with Crippen LogP contribution in [0, 0.1) is 0 Å². The predicted molar refractivity (Wildman–Crippen MR) is 66.8 cm³/mol. The third kappa shape index (κ3) is 1.29. The first-order chi connectivity index (χ1) is 7.88. The molecule has 0 unspecified atom stereocenters. The van der Waals surface area contributed by atoms with Crippen LogP contribution in [0.4, 0.5) is 0 Å². The van der Waals surface area contributed by atoms with Crippen molar-refractivity contribution in [2.75, 3.05) is 0 Å². The lowest BCUT2D eigenvalue weighted by Gasteiger charge is -2.03. The second-order valence-corrected chi connectivity index (χ2v) is 3.89. The average molecular weight is 206 g/mol. The van der Waals surface area contributed by atoms with Crippen molar-refractivity contribution in [3.05, 3.63) is 60.2 Å². The lowest BCUT2D eigenvalue weighted by Crippen LogP contribution is -1.81. The zero-order valence-corrected chi connectivity index (χ0v) is 8.68. The fraction of sp³-hybridized carbons (Fsp3) is 0. The van der Waals surface area contributed by atoms with Gasteiger partial charge in [-0.2, -0.15) is 0 Å². The highest BCUT2D eigenvalue weighted by molar-refractivity contribution is 6.08. The molecule has 0 aliphatic heterocycles. The third-order valence-electron chi connectivity index (χ3n) is 2.91. The van der Waals surface area contributed by atoms with Crippen LogP contribution in [0.15, 0.2) is 54.6 Å². The summed E-state index contributed by atoms with van der Waals surface area (Å²) in [6, 6.07) is 18.2. The molecule has 0 N–H and O–H groups in total. The number of hydrogen-bond donors (Lipinski definition) is 0. The van der Waals surface area contributed by atoms with Crippen LogP contribution in [-0.2, 0) is 0 Å². The first-order valence-electron chi connectivity index (χ1n) is 5.25. The highest BCUT2D eigenvalue weighted by Gasteiger charge is 2.00. The molecule has 3 aromatic carbocycles. The minimum Gasteiger partial charge on any atom is -0.298 e. The van der Waals surface area contributed by atoms with Gasteiger partial charge in [-0.15, -0.1) is 0 Å². The van der Waals surface area contributed by atoms with Crippen LogP contribution >= 0.6 is 0 Å². The van der Waals surface area contributed by atoms with Gasteiger partial charge in [0.25, 0.3) is 0 Å². The largest absolute Gasteiger partial charge is 0.298 e. The lowest BCUT2D eigenvalue weighted by atomic mass is 10.0. The molecule has 76 valence electrons. The average Bonchev–Trinajstić information content (AvgIpc) is 2.38. The van der Waals surface area contributed by atoms with Crippen molar-refractivity contribution in [2.45, 2.75) is 0 Å². The minimum absolute atomic E-state index is 0.726. The number of carbonyl (C=O) groups is 1. The SMILES string of the molecule is O=Cc1ccc2ccc3ccccc3c2c1. The van der Waals surface area contributed by atoms with E-state index in [4.69, 9.17) is 0 Å². The molecule has 0 saturated carbocycles. The maximum atomic E-state index is 10.8. The van der Waals surface area contributed by atoms with Gasteiger partial charge in [0.2, 0.25) is 0 Å². The highest BCUT2D eigenvalue weighted by atomic mass is 16.1. The first-order valence-corrected chi connectivity index (χ1v) is 5.25. The smallest absolute Gasteiger partial charge is 0.150 e. The van der Waals surface area contributed by atoms with Crippen LogP contribution in [0.5, 0.6) is 0 Å². The van der Waals surface area contributed by atoms with Crippen LogP contribution in [0.1, 0.15) is 10.4 Å². The van der Waals surface area contributed by atoms with Crippen LogP contribution in [0.25, 0.3) is 21.5 Å². The maximum absolute atomic E-state index is 10.8. The Morgan fingerprint density at radius 1 is 0.750 bits per heavy atom. The van der Waals surface area contributed by atoms with E-state index in [1.807, 2.05) is 30.3 Å². The molecule has 0 spiro atoms. The lowest BCUT2D eigenvalue weighted by molar-refractivity contribution is 0.112. The van der Waals surface area contributed by atoms with Gasteiger partial charge in [0.15, 0.2) is 0 Å². The summed E-state index contributed by atoms with van der Waals surface area (Å²) in [7, 11) is 0. The van der Waals surface area contributed by atoms with E-state index in [-0.39, 0.29) is 0 Å². The molecule has 0 heterocycles. The van der Waals surface area contributed by atoms with Crippen molar-refractivity contribution in [2.24, 2.45) is 0 Å². The molecule has 0 aromatic heterocycles. The topological polar surface area (TPSA) is 17.1 Å². The number of carbonyl (C=O) groups excluding carboxylic acids is 1. The highest BCUT2D eigenvalue weighted by Crippen LogP contribution is 2.25. The van der Waals surface area contributed by atoms with Crippen LogP contribution in [0.2, 0.25) is 0 Å². The van der Waals surface area contributed by atoms with E-state index in [1.54, 1.807) is 0 Å². The number of fused-ring (bicyclic) bond motifs is 3. The Bertz CT molecular complexity index is 683. The monoisotopic (exact) mass is 206 g/mol. The molecule has 0 atom stereocenters. The minimum atomic E-state index is 0.726. The van der Waals surface area contributed by atoms with Crippen molar-refractivity contribution in [3.63, 3.8) is 0 Å². The number of hydrogen-bond acceptors (Lipinski definition) is 1. The van der Waals surface area contributed by atoms with E-state index in [0.717, 1.165) is 17.2 Å². The van der Waals surface area contributed by atoms with Gasteiger partial charge in [-0.05, 0) is 27.6 Å². The van der Waals surface area contributed by atoms with Crippen LogP contribution < -0.4 is 0 Å². The van der Waals surface area contributed by atoms with Crippen molar-refractivity contribution in [3.8, 4) is 0 Å². The van der Waals surface area contributed by atoms with Gasteiger partial charge in [0.05, 0.1) is 0 Å². The fourth-order valence-corrected chi connectivity index (χ4v) is 2.09. The van der Waals surface area contributed by atoms with Crippen molar-refractivity contribution in [1.29, 1.82) is 0 Å². The van der Waals surface area contributed by atoms with Crippen molar-refractivity contribution >= 4 is 27.8 Å². The van der Waals surface area contributed by atoms with Gasteiger partial charge in [-0.25, -0.2) is 0 Å². The Kier molecular flexibility index (Phi) is 1.97. The molecular weight excluding hydrogens is 196 g/mol. The van der Waals surface area contributed by atoms with Gasteiger partial charge >= 0.3 is 0 Å². The standard InChI is InChI=1S/C15H10O/c16-10-11-5-6-13-8-7-12-3-1-2-4-14(12)15(13)9-11/h1-10H. The van der Waals surface area contributed by atoms with Crippen LogP contribution in [0.3, 0.4) is 0 Å². The molecule has 16 heavy (non-hydrogen) atoms. The van der Waals surface area contributed by atoms with Gasteiger partial charge in [-0.3, -0.25) is 4.79 Å². The number of rotatable bonds is 1. The number of aldehydes is 1. The molecule has 0 radical (unpaired) electrons. The fourth-order valence-electron chi connectivity index (χ4n) is 2.09. The van der Waals surface area contributed by atoms with Gasteiger partial charge in [0, 0.05) is 5.56 Å². The molecule has 0 bridgehead atoms. The molecule has 0 fully saturated rings. The van der Waals surface area contributed by atoms with Gasteiger partial charge < -0.3 is 0 Å². The van der Waals surface area contributed by atoms with Gasteiger partial charge in [-0.1, -0.05) is 48.5 Å². The zero-order chi connectivity index (χ0) is 11.0. The second-order valence-electron chi connectivity index (χ2n) is 3.89. The summed E-state index contributed by atoms with van der Waals surface area (Å²) in [5.41, 5.74) is 0.726. The van der Waals surface area contributed by atoms with Crippen molar-refractivity contribution < 1.29 is 4.79 Å². The molecule has 0 saturated heterocycles. The normalized spacial score (nSPS) is 10.8. The molecule has 0 amide bonds. The Morgan fingerprint density at radius 2 is 1.44 bits per heavy atom. The second kappa shape index (κ2) is 3.46. The summed E-state index contributed by atoms with van der Waals surface area (Å²) < 4.78 is 0. The van der Waals surface area contributed by atoms with E-state index in [9.17, 15) is 4.79 Å². The molecule has 0 aliphatic rings. The Hall–Kier alpha value is -2.15. The van der Waals surface area contributed by atoms with E-state index < -0.39 is 0 Å². The van der Waals surface area contributed by atoms with E-state index in [0.29, 0.717) is 0 Å². The summed E-state index contributed by atoms with van der Waals surface area (Å²) in [5, 5.41) is 4.72. The summed E-state index contributed by atoms with van der Waals surface area (Å²) in [5.74, 6) is 0. The Labute approximate surface area is 93.3 Å². The molecule has 1 heteroatoms. The quantitative estimate of drug-likeness (QED) is 0.437. The molecule has 3 aromatic rings. The molecule has 0 aliphatic carbocycles. The predicted octanol–water partition coefficient (Wildman–Crippen LogP) is 3.81. The molecule has 1 nitrogen and oxygen atoms in total. The van der Waals surface area contributed by atoms with Gasteiger partial charge in [0.1, 0.15) is 6.29 Å². The maximum Gasteiger partial charge on any atom is 0.150 e. The third-order valence-corrected chi connectivity index (χ3v) is 2.91. The molecular formula is C15H10O. The Balaban J connectivity index is 2.52. The summed E-state index contributed by atoms with van der Waals surface area (Å²) in [6.07, 6.45) is 0.890. The summed E-state index contributed by atoms with van der Waals surface area (Å²) in [6.45, 7) is 0.